The van der Waals surface area contributed by atoms with Crippen molar-refractivity contribution >= 4 is 5.91 Å². The molecule has 1 spiro atoms. The minimum atomic E-state index is -0.384. The number of amides is 1. The van der Waals surface area contributed by atoms with Crippen LogP contribution in [0.2, 0.25) is 0 Å². The van der Waals surface area contributed by atoms with E-state index < -0.39 is 0 Å². The molecule has 0 N–H and O–H groups in total. The second-order valence-corrected chi connectivity index (χ2v) is 7.43. The molecule has 29 heavy (non-hydrogen) atoms. The SMILES string of the molecule is COCc1nnc(-c2cccc(C(=O)N3CCC4(C3)OCc3ccccc34)c2)o1. The lowest BCUT2D eigenvalue weighted by molar-refractivity contribution is -0.0282. The zero-order chi connectivity index (χ0) is 19.8. The van der Waals surface area contributed by atoms with Gasteiger partial charge in [0.1, 0.15) is 12.2 Å². The molecule has 148 valence electrons. The average molecular weight is 391 g/mol. The molecule has 1 aromatic heterocycles. The van der Waals surface area contributed by atoms with Crippen LogP contribution in [0.4, 0.5) is 0 Å². The van der Waals surface area contributed by atoms with E-state index in [1.54, 1.807) is 13.2 Å². The molecule has 2 aromatic carbocycles. The van der Waals surface area contributed by atoms with Crippen molar-refractivity contribution in [2.45, 2.75) is 25.2 Å². The number of nitrogens with zero attached hydrogens (tertiary/aromatic N) is 3. The van der Waals surface area contributed by atoms with Gasteiger partial charge < -0.3 is 18.8 Å². The predicted octanol–water partition coefficient (Wildman–Crippen LogP) is 3.15. The highest BCUT2D eigenvalue weighted by Gasteiger charge is 2.46. The fourth-order valence-corrected chi connectivity index (χ4v) is 4.20. The zero-order valence-corrected chi connectivity index (χ0v) is 16.1. The Morgan fingerprint density at radius 2 is 2.10 bits per heavy atom. The van der Waals surface area contributed by atoms with Gasteiger partial charge in [0, 0.05) is 24.8 Å². The molecule has 1 saturated heterocycles. The van der Waals surface area contributed by atoms with Crippen LogP contribution in [-0.4, -0.2) is 41.2 Å². The van der Waals surface area contributed by atoms with E-state index in [2.05, 4.69) is 22.3 Å². The molecular weight excluding hydrogens is 370 g/mol. The lowest BCUT2D eigenvalue weighted by atomic mass is 9.92. The van der Waals surface area contributed by atoms with Gasteiger partial charge in [-0.3, -0.25) is 4.79 Å². The number of aromatic nitrogens is 2. The highest BCUT2D eigenvalue weighted by Crippen LogP contribution is 2.43. The number of rotatable bonds is 4. The van der Waals surface area contributed by atoms with Gasteiger partial charge in [0.25, 0.3) is 5.91 Å². The zero-order valence-electron chi connectivity index (χ0n) is 16.1. The summed E-state index contributed by atoms with van der Waals surface area (Å²) in [5, 5.41) is 7.99. The fourth-order valence-electron chi connectivity index (χ4n) is 4.20. The molecule has 7 nitrogen and oxygen atoms in total. The number of ether oxygens (including phenoxy) is 2. The van der Waals surface area contributed by atoms with Gasteiger partial charge in [0.2, 0.25) is 11.8 Å². The van der Waals surface area contributed by atoms with Crippen LogP contribution in [-0.2, 0) is 28.3 Å². The number of carbonyl (C=O) groups excluding carboxylic acids is 1. The van der Waals surface area contributed by atoms with Crippen LogP contribution in [0, 0.1) is 0 Å². The van der Waals surface area contributed by atoms with Gasteiger partial charge in [-0.05, 0) is 35.7 Å². The van der Waals surface area contributed by atoms with Crippen molar-refractivity contribution in [2.75, 3.05) is 20.2 Å². The lowest BCUT2D eigenvalue weighted by Gasteiger charge is -2.25. The standard InChI is InChI=1S/C22H21N3O4/c1-27-13-19-23-24-20(29-19)15-6-4-7-16(11-15)21(26)25-10-9-22(14-25)18-8-3-2-5-17(18)12-28-22/h2-8,11H,9-10,12-14H2,1H3. The van der Waals surface area contributed by atoms with Crippen LogP contribution in [0.25, 0.3) is 11.5 Å². The number of hydrogen-bond donors (Lipinski definition) is 0. The molecule has 0 saturated carbocycles. The van der Waals surface area contributed by atoms with Crippen molar-refractivity contribution in [1.82, 2.24) is 15.1 Å². The Hall–Kier alpha value is -3.03. The van der Waals surface area contributed by atoms with Gasteiger partial charge in [-0.15, -0.1) is 10.2 Å². The first-order valence-corrected chi connectivity index (χ1v) is 9.62. The number of fused-ring (bicyclic) bond motifs is 2. The van der Waals surface area contributed by atoms with E-state index in [9.17, 15) is 4.79 Å². The third-order valence-corrected chi connectivity index (χ3v) is 5.62. The molecule has 1 fully saturated rings. The second-order valence-electron chi connectivity index (χ2n) is 7.43. The summed E-state index contributed by atoms with van der Waals surface area (Å²) >= 11 is 0. The Morgan fingerprint density at radius 3 is 3.00 bits per heavy atom. The highest BCUT2D eigenvalue weighted by molar-refractivity contribution is 5.95. The minimum Gasteiger partial charge on any atom is -0.418 e. The summed E-state index contributed by atoms with van der Waals surface area (Å²) in [5.74, 6) is 0.753. The van der Waals surface area contributed by atoms with Crippen molar-refractivity contribution in [3.05, 3.63) is 71.1 Å². The number of likely N-dealkylation sites (tertiary alicyclic amines) is 1. The van der Waals surface area contributed by atoms with E-state index in [0.29, 0.717) is 42.6 Å². The summed E-state index contributed by atoms with van der Waals surface area (Å²) in [7, 11) is 1.57. The van der Waals surface area contributed by atoms with Gasteiger partial charge in [-0.25, -0.2) is 0 Å². The van der Waals surface area contributed by atoms with Crippen molar-refractivity contribution in [3.8, 4) is 11.5 Å². The Bertz CT molecular complexity index is 1060. The molecule has 0 radical (unpaired) electrons. The van der Waals surface area contributed by atoms with Crippen LogP contribution in [0.15, 0.2) is 52.9 Å². The first-order chi connectivity index (χ1) is 14.2. The Labute approximate surface area is 168 Å². The molecule has 0 bridgehead atoms. The van der Waals surface area contributed by atoms with Crippen molar-refractivity contribution in [2.24, 2.45) is 0 Å². The van der Waals surface area contributed by atoms with Crippen molar-refractivity contribution in [1.29, 1.82) is 0 Å². The maximum absolute atomic E-state index is 13.2. The first-order valence-electron chi connectivity index (χ1n) is 9.62. The Morgan fingerprint density at radius 1 is 1.21 bits per heavy atom. The normalized spacial score (nSPS) is 20.4. The summed E-state index contributed by atoms with van der Waals surface area (Å²) in [6.07, 6.45) is 0.805. The molecule has 3 heterocycles. The van der Waals surface area contributed by atoms with Crippen molar-refractivity contribution < 1.29 is 18.7 Å². The predicted molar refractivity (Wildman–Crippen MR) is 104 cm³/mol. The van der Waals surface area contributed by atoms with E-state index in [4.69, 9.17) is 13.9 Å². The molecule has 3 aromatic rings. The summed E-state index contributed by atoms with van der Waals surface area (Å²) in [6, 6.07) is 15.6. The third-order valence-electron chi connectivity index (χ3n) is 5.62. The summed E-state index contributed by atoms with van der Waals surface area (Å²) < 4.78 is 16.8. The Balaban J connectivity index is 1.37. The van der Waals surface area contributed by atoms with Crippen LogP contribution in [0.1, 0.15) is 33.8 Å². The lowest BCUT2D eigenvalue weighted by Crippen LogP contribution is -2.34. The number of benzene rings is 2. The molecule has 1 unspecified atom stereocenters. The van der Waals surface area contributed by atoms with Gasteiger partial charge in [-0.2, -0.15) is 0 Å². The van der Waals surface area contributed by atoms with Crippen LogP contribution >= 0.6 is 0 Å². The maximum atomic E-state index is 13.2. The molecule has 2 aliphatic rings. The molecule has 7 heteroatoms. The van der Waals surface area contributed by atoms with Crippen molar-refractivity contribution in [3.63, 3.8) is 0 Å². The molecular formula is C22H21N3O4. The second kappa shape index (κ2) is 7.09. The molecule has 2 aliphatic heterocycles. The number of carbonyl (C=O) groups is 1. The van der Waals surface area contributed by atoms with Gasteiger partial charge >= 0.3 is 0 Å². The summed E-state index contributed by atoms with van der Waals surface area (Å²) in [4.78, 5) is 15.0. The summed E-state index contributed by atoms with van der Waals surface area (Å²) in [6.45, 7) is 2.08. The summed E-state index contributed by atoms with van der Waals surface area (Å²) in [5.41, 5.74) is 3.35. The molecule has 0 aliphatic carbocycles. The minimum absolute atomic E-state index is 0.0201. The fraction of sp³-hybridized carbons (Fsp3) is 0.318. The first kappa shape index (κ1) is 18.0. The Kier molecular flexibility index (Phi) is 4.41. The largest absolute Gasteiger partial charge is 0.418 e. The number of methoxy groups -OCH3 is 1. The number of hydrogen-bond acceptors (Lipinski definition) is 6. The maximum Gasteiger partial charge on any atom is 0.253 e. The van der Waals surface area contributed by atoms with Gasteiger partial charge in [-0.1, -0.05) is 30.3 Å². The van der Waals surface area contributed by atoms with E-state index in [1.807, 2.05) is 35.2 Å². The topological polar surface area (TPSA) is 77.7 Å². The monoisotopic (exact) mass is 391 g/mol. The van der Waals surface area contributed by atoms with E-state index in [1.165, 1.54) is 11.1 Å². The smallest absolute Gasteiger partial charge is 0.253 e. The van der Waals surface area contributed by atoms with Gasteiger partial charge in [0.15, 0.2) is 0 Å². The van der Waals surface area contributed by atoms with Gasteiger partial charge in [0.05, 0.1) is 13.2 Å². The van der Waals surface area contributed by atoms with E-state index >= 15 is 0 Å². The van der Waals surface area contributed by atoms with E-state index in [-0.39, 0.29) is 18.1 Å². The van der Waals surface area contributed by atoms with Crippen LogP contribution in [0.3, 0.4) is 0 Å². The average Bonchev–Trinajstić information content (AvgIpc) is 3.49. The van der Waals surface area contributed by atoms with Crippen LogP contribution < -0.4 is 0 Å². The van der Waals surface area contributed by atoms with E-state index in [0.717, 1.165) is 6.42 Å². The van der Waals surface area contributed by atoms with Crippen LogP contribution in [0.5, 0.6) is 0 Å². The quantitative estimate of drug-likeness (QED) is 0.680. The highest BCUT2D eigenvalue weighted by atomic mass is 16.5. The molecule has 1 amide bonds. The molecule has 1 atom stereocenters. The molecule has 5 rings (SSSR count). The third kappa shape index (κ3) is 3.12.